The zero-order chi connectivity index (χ0) is 14.4. The first kappa shape index (κ1) is 12.5. The zero-order valence-electron chi connectivity index (χ0n) is 12.1. The number of hydrogen-bond donors (Lipinski definition) is 0. The predicted molar refractivity (Wildman–Crippen MR) is 85.3 cm³/mol. The van der Waals surface area contributed by atoms with Gasteiger partial charge in [-0.2, -0.15) is 0 Å². The molecule has 1 aliphatic carbocycles. The molecule has 4 rings (SSSR count). The van der Waals surface area contributed by atoms with E-state index in [1.165, 1.54) is 18.4 Å². The highest BCUT2D eigenvalue weighted by Gasteiger charge is 2.24. The Hall–Kier alpha value is -2.29. The third-order valence-corrected chi connectivity index (χ3v) is 4.39. The fourth-order valence-electron chi connectivity index (χ4n) is 2.95. The summed E-state index contributed by atoms with van der Waals surface area (Å²) >= 11 is 0. The quantitative estimate of drug-likeness (QED) is 0.721. The van der Waals surface area contributed by atoms with Crippen LogP contribution in [0.4, 0.5) is 0 Å². The third kappa shape index (κ3) is 2.09. The van der Waals surface area contributed by atoms with E-state index in [1.807, 2.05) is 29.8 Å². The van der Waals surface area contributed by atoms with E-state index in [4.69, 9.17) is 0 Å². The second-order valence-corrected chi connectivity index (χ2v) is 5.97. The van der Waals surface area contributed by atoms with Gasteiger partial charge in [0.25, 0.3) is 0 Å². The summed E-state index contributed by atoms with van der Waals surface area (Å²) in [5, 5.41) is 0. The van der Waals surface area contributed by atoms with Crippen molar-refractivity contribution in [1.29, 1.82) is 0 Å². The summed E-state index contributed by atoms with van der Waals surface area (Å²) in [6.45, 7) is 0.862. The summed E-state index contributed by atoms with van der Waals surface area (Å²) in [4.78, 5) is 12.4. The van der Waals surface area contributed by atoms with Crippen LogP contribution < -0.4 is 5.69 Å². The maximum atomic E-state index is 12.4. The van der Waals surface area contributed by atoms with Gasteiger partial charge in [-0.15, -0.1) is 0 Å². The first-order valence-corrected chi connectivity index (χ1v) is 7.49. The van der Waals surface area contributed by atoms with E-state index >= 15 is 0 Å². The van der Waals surface area contributed by atoms with Crippen LogP contribution in [0.15, 0.2) is 53.3 Å². The van der Waals surface area contributed by atoms with E-state index < -0.39 is 0 Å². The lowest BCUT2D eigenvalue weighted by molar-refractivity contribution is 0.609. The topological polar surface area (TPSA) is 26.9 Å². The lowest BCUT2D eigenvalue weighted by Gasteiger charge is -2.04. The van der Waals surface area contributed by atoms with Gasteiger partial charge in [0.1, 0.15) is 0 Å². The number of fused-ring (bicyclic) bond motifs is 1. The molecule has 0 unspecified atom stereocenters. The Morgan fingerprint density at radius 3 is 2.48 bits per heavy atom. The minimum Gasteiger partial charge on any atom is -0.295 e. The first-order valence-electron chi connectivity index (χ1n) is 7.49. The van der Waals surface area contributed by atoms with E-state index in [-0.39, 0.29) is 5.69 Å². The molecule has 2 aromatic carbocycles. The summed E-state index contributed by atoms with van der Waals surface area (Å²) in [5.74, 6) is 0.696. The van der Waals surface area contributed by atoms with Gasteiger partial charge in [-0.05, 0) is 42.0 Å². The van der Waals surface area contributed by atoms with Crippen LogP contribution in [-0.4, -0.2) is 9.13 Å². The molecule has 0 saturated heterocycles. The Labute approximate surface area is 123 Å². The number of benzene rings is 2. The maximum absolute atomic E-state index is 12.4. The van der Waals surface area contributed by atoms with Gasteiger partial charge in [0, 0.05) is 13.6 Å². The molecule has 3 nitrogen and oxygen atoms in total. The molecule has 0 atom stereocenters. The summed E-state index contributed by atoms with van der Waals surface area (Å²) in [7, 11) is 1.86. The number of aromatic nitrogens is 2. The van der Waals surface area contributed by atoms with E-state index in [9.17, 15) is 4.79 Å². The standard InChI is InChI=1S/C18H18N2O/c1-19-17-11-15(14-5-3-2-4-6-14)9-10-16(17)20(18(19)21)12-13-7-8-13/h2-6,9-11,13H,7-8,12H2,1H3. The second-order valence-electron chi connectivity index (χ2n) is 5.97. The summed E-state index contributed by atoms with van der Waals surface area (Å²) < 4.78 is 3.70. The van der Waals surface area contributed by atoms with E-state index in [1.54, 1.807) is 4.57 Å². The van der Waals surface area contributed by atoms with Gasteiger partial charge in [0.05, 0.1) is 11.0 Å². The molecule has 1 aromatic heterocycles. The second kappa shape index (κ2) is 4.62. The number of nitrogens with zero attached hydrogens (tertiary/aromatic N) is 2. The molecule has 0 spiro atoms. The van der Waals surface area contributed by atoms with Crippen molar-refractivity contribution >= 4 is 11.0 Å². The van der Waals surface area contributed by atoms with Crippen LogP contribution in [0.2, 0.25) is 0 Å². The van der Waals surface area contributed by atoms with E-state index in [2.05, 4.69) is 30.3 Å². The molecule has 3 aromatic rings. The molecule has 21 heavy (non-hydrogen) atoms. The predicted octanol–water partition coefficient (Wildman–Crippen LogP) is 3.42. The van der Waals surface area contributed by atoms with Crippen LogP contribution in [-0.2, 0) is 13.6 Å². The molecule has 3 heteroatoms. The highest BCUT2D eigenvalue weighted by molar-refractivity contribution is 5.82. The number of hydrogen-bond acceptors (Lipinski definition) is 1. The molecule has 0 amide bonds. The number of aryl methyl sites for hydroxylation is 1. The molecule has 0 bridgehead atoms. The molecule has 0 aliphatic heterocycles. The Balaban J connectivity index is 1.88. The molecule has 106 valence electrons. The summed E-state index contributed by atoms with van der Waals surface area (Å²) in [6.07, 6.45) is 2.51. The van der Waals surface area contributed by atoms with Crippen LogP contribution in [0.5, 0.6) is 0 Å². The van der Waals surface area contributed by atoms with Crippen LogP contribution in [0, 0.1) is 5.92 Å². The van der Waals surface area contributed by atoms with Crippen LogP contribution >= 0.6 is 0 Å². The SMILES string of the molecule is Cn1c(=O)n(CC2CC2)c2ccc(-c3ccccc3)cc21. The van der Waals surface area contributed by atoms with Crippen LogP contribution in [0.3, 0.4) is 0 Å². The van der Waals surface area contributed by atoms with Crippen molar-refractivity contribution in [2.24, 2.45) is 13.0 Å². The van der Waals surface area contributed by atoms with Gasteiger partial charge in [0.2, 0.25) is 0 Å². The van der Waals surface area contributed by atoms with Crippen molar-refractivity contribution in [3.63, 3.8) is 0 Å². The van der Waals surface area contributed by atoms with Crippen molar-refractivity contribution < 1.29 is 0 Å². The largest absolute Gasteiger partial charge is 0.328 e. The highest BCUT2D eigenvalue weighted by Crippen LogP contribution is 2.31. The van der Waals surface area contributed by atoms with Gasteiger partial charge in [-0.3, -0.25) is 9.13 Å². The zero-order valence-corrected chi connectivity index (χ0v) is 12.1. The van der Waals surface area contributed by atoms with Gasteiger partial charge in [-0.1, -0.05) is 36.4 Å². The Morgan fingerprint density at radius 1 is 1.00 bits per heavy atom. The van der Waals surface area contributed by atoms with Gasteiger partial charge in [-0.25, -0.2) is 4.79 Å². The normalized spacial score (nSPS) is 14.7. The van der Waals surface area contributed by atoms with E-state index in [0.717, 1.165) is 23.1 Å². The molecule has 1 saturated carbocycles. The number of rotatable bonds is 3. The van der Waals surface area contributed by atoms with Gasteiger partial charge >= 0.3 is 5.69 Å². The minimum absolute atomic E-state index is 0.0992. The third-order valence-electron chi connectivity index (χ3n) is 4.39. The Morgan fingerprint density at radius 2 is 1.76 bits per heavy atom. The highest BCUT2D eigenvalue weighted by atomic mass is 16.1. The Kier molecular flexibility index (Phi) is 2.74. The summed E-state index contributed by atoms with van der Waals surface area (Å²) in [6, 6.07) is 16.6. The van der Waals surface area contributed by atoms with Gasteiger partial charge in [0.15, 0.2) is 0 Å². The maximum Gasteiger partial charge on any atom is 0.328 e. The number of imidazole rings is 1. The van der Waals surface area contributed by atoms with Crippen molar-refractivity contribution in [3.8, 4) is 11.1 Å². The van der Waals surface area contributed by atoms with Gasteiger partial charge < -0.3 is 0 Å². The Bertz CT molecular complexity index is 854. The van der Waals surface area contributed by atoms with Crippen molar-refractivity contribution in [3.05, 3.63) is 59.0 Å². The van der Waals surface area contributed by atoms with E-state index in [0.29, 0.717) is 5.92 Å². The van der Waals surface area contributed by atoms with Crippen LogP contribution in [0.1, 0.15) is 12.8 Å². The lowest BCUT2D eigenvalue weighted by Crippen LogP contribution is -2.22. The van der Waals surface area contributed by atoms with Crippen LogP contribution in [0.25, 0.3) is 22.2 Å². The molecular formula is C18H18N2O. The molecule has 1 heterocycles. The average molecular weight is 278 g/mol. The molecule has 0 radical (unpaired) electrons. The van der Waals surface area contributed by atoms with Crippen molar-refractivity contribution in [1.82, 2.24) is 9.13 Å². The fraction of sp³-hybridized carbons (Fsp3) is 0.278. The molecule has 0 N–H and O–H groups in total. The summed E-state index contributed by atoms with van der Waals surface area (Å²) in [5.41, 5.74) is 4.50. The molecule has 1 aliphatic rings. The average Bonchev–Trinajstić information content (AvgIpc) is 3.32. The minimum atomic E-state index is 0.0992. The smallest absolute Gasteiger partial charge is 0.295 e. The first-order chi connectivity index (χ1) is 10.2. The lowest BCUT2D eigenvalue weighted by atomic mass is 10.1. The molecule has 1 fully saturated rings. The fourth-order valence-corrected chi connectivity index (χ4v) is 2.95. The molecular weight excluding hydrogens is 260 g/mol. The van der Waals surface area contributed by atoms with Crippen molar-refractivity contribution in [2.75, 3.05) is 0 Å². The monoisotopic (exact) mass is 278 g/mol. The van der Waals surface area contributed by atoms with Crippen molar-refractivity contribution in [2.45, 2.75) is 19.4 Å².